The molecule has 1 aliphatic rings. The summed E-state index contributed by atoms with van der Waals surface area (Å²) >= 11 is 0. The lowest BCUT2D eigenvalue weighted by atomic mass is 9.97. The third-order valence-electron chi connectivity index (χ3n) is 4.21. The van der Waals surface area contributed by atoms with Crippen molar-refractivity contribution in [2.24, 2.45) is 11.8 Å². The zero-order valence-corrected chi connectivity index (χ0v) is 13.6. The predicted octanol–water partition coefficient (Wildman–Crippen LogP) is 3.13. The van der Waals surface area contributed by atoms with Crippen LogP contribution >= 0.6 is 0 Å². The summed E-state index contributed by atoms with van der Waals surface area (Å²) in [4.78, 5) is 22.4. The first kappa shape index (κ1) is 17.4. The normalized spacial score (nSPS) is 22.3. The highest BCUT2D eigenvalue weighted by atomic mass is 16.6. The number of hydrogen-bond donors (Lipinski definition) is 0. The van der Waals surface area contributed by atoms with E-state index in [1.165, 1.54) is 12.1 Å². The maximum atomic E-state index is 12.2. The van der Waals surface area contributed by atoms with E-state index < -0.39 is 4.92 Å². The monoisotopic (exact) mass is 321 g/mol. The molecule has 0 aromatic heterocycles. The molecule has 0 aliphatic carbocycles. The summed E-state index contributed by atoms with van der Waals surface area (Å²) in [6, 6.07) is 6.26. The Balaban J connectivity index is 1.85. The summed E-state index contributed by atoms with van der Waals surface area (Å²) in [5.41, 5.74) is 0.931. The largest absolute Gasteiger partial charge is 0.460 e. The number of benzene rings is 1. The summed E-state index contributed by atoms with van der Waals surface area (Å²) in [5.74, 6) is -0.0845. The van der Waals surface area contributed by atoms with Crippen molar-refractivity contribution in [1.82, 2.24) is 0 Å². The lowest BCUT2D eigenvalue weighted by molar-refractivity contribution is -0.384. The summed E-state index contributed by atoms with van der Waals surface area (Å²) in [5, 5.41) is 10.6. The summed E-state index contributed by atoms with van der Waals surface area (Å²) in [6.45, 7) is 5.12. The van der Waals surface area contributed by atoms with E-state index in [1.54, 1.807) is 12.1 Å². The van der Waals surface area contributed by atoms with Gasteiger partial charge < -0.3 is 9.47 Å². The van der Waals surface area contributed by atoms with E-state index in [9.17, 15) is 14.9 Å². The average molecular weight is 321 g/mol. The highest BCUT2D eigenvalue weighted by Gasteiger charge is 2.26. The SMILES string of the molecule is CCC1COCC(OC(=O)C(C)Cc2ccc([N+](=O)[O-])cc2)C1. The lowest BCUT2D eigenvalue weighted by Gasteiger charge is -2.29. The van der Waals surface area contributed by atoms with Gasteiger partial charge in [-0.15, -0.1) is 0 Å². The van der Waals surface area contributed by atoms with Gasteiger partial charge in [0.15, 0.2) is 0 Å². The van der Waals surface area contributed by atoms with Crippen LogP contribution in [0.25, 0.3) is 0 Å². The van der Waals surface area contributed by atoms with Crippen molar-refractivity contribution < 1.29 is 19.2 Å². The maximum absolute atomic E-state index is 12.2. The number of carbonyl (C=O) groups excluding carboxylic acids is 1. The third kappa shape index (κ3) is 5.03. The van der Waals surface area contributed by atoms with Crippen LogP contribution in [0.15, 0.2) is 24.3 Å². The van der Waals surface area contributed by atoms with Crippen molar-refractivity contribution in [2.75, 3.05) is 13.2 Å². The van der Waals surface area contributed by atoms with Crippen molar-refractivity contribution in [3.63, 3.8) is 0 Å². The maximum Gasteiger partial charge on any atom is 0.309 e. The smallest absolute Gasteiger partial charge is 0.309 e. The van der Waals surface area contributed by atoms with Crippen molar-refractivity contribution in [1.29, 1.82) is 0 Å². The van der Waals surface area contributed by atoms with Crippen LogP contribution in [0.5, 0.6) is 0 Å². The Bertz CT molecular complexity index is 542. The molecule has 1 aliphatic heterocycles. The van der Waals surface area contributed by atoms with Gasteiger partial charge in [0.25, 0.3) is 5.69 Å². The lowest BCUT2D eigenvalue weighted by Crippen LogP contribution is -2.34. The molecular weight excluding hydrogens is 298 g/mol. The van der Waals surface area contributed by atoms with Crippen molar-refractivity contribution in [2.45, 2.75) is 39.2 Å². The fourth-order valence-corrected chi connectivity index (χ4v) is 2.71. The van der Waals surface area contributed by atoms with Crippen LogP contribution in [-0.4, -0.2) is 30.2 Å². The molecule has 0 radical (unpaired) electrons. The number of rotatable bonds is 6. The van der Waals surface area contributed by atoms with Crippen molar-refractivity contribution >= 4 is 11.7 Å². The first-order chi connectivity index (χ1) is 11.0. The molecule has 6 nitrogen and oxygen atoms in total. The van der Waals surface area contributed by atoms with E-state index in [1.807, 2.05) is 6.92 Å². The molecule has 3 unspecified atom stereocenters. The molecule has 1 saturated heterocycles. The number of hydrogen-bond acceptors (Lipinski definition) is 5. The topological polar surface area (TPSA) is 78.7 Å². The molecule has 0 spiro atoms. The van der Waals surface area contributed by atoms with Gasteiger partial charge in [-0.2, -0.15) is 0 Å². The van der Waals surface area contributed by atoms with Crippen LogP contribution in [0.1, 0.15) is 32.3 Å². The van der Waals surface area contributed by atoms with E-state index in [0.717, 1.165) is 25.0 Å². The molecule has 1 aromatic rings. The van der Waals surface area contributed by atoms with Crippen LogP contribution in [0.2, 0.25) is 0 Å². The second-order valence-electron chi connectivity index (χ2n) is 6.14. The van der Waals surface area contributed by atoms with E-state index in [0.29, 0.717) is 18.9 Å². The Kier molecular flexibility index (Phi) is 6.10. The van der Waals surface area contributed by atoms with Gasteiger partial charge in [-0.25, -0.2) is 0 Å². The van der Waals surface area contributed by atoms with E-state index in [-0.39, 0.29) is 23.7 Å². The zero-order valence-electron chi connectivity index (χ0n) is 13.6. The number of nitro benzene ring substituents is 1. The van der Waals surface area contributed by atoms with Gasteiger partial charge in [0.2, 0.25) is 0 Å². The Morgan fingerprint density at radius 1 is 1.39 bits per heavy atom. The van der Waals surface area contributed by atoms with Crippen molar-refractivity contribution in [3.8, 4) is 0 Å². The van der Waals surface area contributed by atoms with Gasteiger partial charge in [-0.1, -0.05) is 32.4 Å². The number of carbonyl (C=O) groups is 1. The molecule has 6 heteroatoms. The molecule has 0 bridgehead atoms. The number of nitro groups is 1. The van der Waals surface area contributed by atoms with E-state index in [4.69, 9.17) is 9.47 Å². The fraction of sp³-hybridized carbons (Fsp3) is 0.588. The summed E-state index contributed by atoms with van der Waals surface area (Å²) < 4.78 is 11.0. The molecule has 1 heterocycles. The van der Waals surface area contributed by atoms with Gasteiger partial charge in [-0.05, 0) is 24.3 Å². The average Bonchev–Trinajstić information content (AvgIpc) is 2.55. The standard InChI is InChI=1S/C17H23NO5/c1-3-13-9-16(11-22-10-13)23-17(19)12(2)8-14-4-6-15(7-5-14)18(20)21/h4-7,12-13,16H,3,8-11H2,1-2H3. The van der Waals surface area contributed by atoms with Crippen LogP contribution in [0.4, 0.5) is 5.69 Å². The first-order valence-corrected chi connectivity index (χ1v) is 8.01. The molecule has 1 aromatic carbocycles. The predicted molar refractivity (Wildman–Crippen MR) is 85.1 cm³/mol. The van der Waals surface area contributed by atoms with E-state index in [2.05, 4.69) is 6.92 Å². The van der Waals surface area contributed by atoms with Crippen LogP contribution in [0, 0.1) is 22.0 Å². The number of esters is 1. The minimum Gasteiger partial charge on any atom is -0.460 e. The van der Waals surface area contributed by atoms with Crippen molar-refractivity contribution in [3.05, 3.63) is 39.9 Å². The fourth-order valence-electron chi connectivity index (χ4n) is 2.71. The molecule has 0 N–H and O–H groups in total. The number of nitrogens with zero attached hydrogens (tertiary/aromatic N) is 1. The summed E-state index contributed by atoms with van der Waals surface area (Å²) in [6.07, 6.45) is 2.21. The second-order valence-corrected chi connectivity index (χ2v) is 6.14. The number of non-ortho nitro benzene ring substituents is 1. The van der Waals surface area contributed by atoms with Gasteiger partial charge in [0, 0.05) is 18.7 Å². The molecule has 0 amide bonds. The van der Waals surface area contributed by atoms with Crippen LogP contribution in [0.3, 0.4) is 0 Å². The minimum atomic E-state index is -0.436. The summed E-state index contributed by atoms with van der Waals surface area (Å²) in [7, 11) is 0. The Labute approximate surface area is 135 Å². The highest BCUT2D eigenvalue weighted by Crippen LogP contribution is 2.21. The third-order valence-corrected chi connectivity index (χ3v) is 4.21. The quantitative estimate of drug-likeness (QED) is 0.457. The Hall–Kier alpha value is -1.95. The van der Waals surface area contributed by atoms with Gasteiger partial charge in [0.1, 0.15) is 6.10 Å². The van der Waals surface area contributed by atoms with Crippen LogP contribution in [-0.2, 0) is 20.7 Å². The first-order valence-electron chi connectivity index (χ1n) is 8.01. The van der Waals surface area contributed by atoms with Gasteiger partial charge >= 0.3 is 5.97 Å². The molecule has 0 saturated carbocycles. The Morgan fingerprint density at radius 3 is 2.70 bits per heavy atom. The highest BCUT2D eigenvalue weighted by molar-refractivity contribution is 5.72. The van der Waals surface area contributed by atoms with Gasteiger partial charge in [0.05, 0.1) is 17.4 Å². The van der Waals surface area contributed by atoms with E-state index >= 15 is 0 Å². The minimum absolute atomic E-state index is 0.0499. The Morgan fingerprint density at radius 2 is 2.09 bits per heavy atom. The van der Waals surface area contributed by atoms with Gasteiger partial charge in [-0.3, -0.25) is 14.9 Å². The number of ether oxygens (including phenoxy) is 2. The molecule has 3 atom stereocenters. The second kappa shape index (κ2) is 8.06. The molecule has 23 heavy (non-hydrogen) atoms. The van der Waals surface area contributed by atoms with Crippen LogP contribution < -0.4 is 0 Å². The zero-order chi connectivity index (χ0) is 16.8. The molecule has 1 fully saturated rings. The molecule has 2 rings (SSSR count). The molecular formula is C17H23NO5. The molecule has 126 valence electrons.